The minimum Gasteiger partial charge on any atom is -0.494 e. The lowest BCUT2D eigenvalue weighted by molar-refractivity contribution is 0.170. The topological polar surface area (TPSA) is 89.6 Å². The van der Waals surface area contributed by atoms with Crippen molar-refractivity contribution in [2.75, 3.05) is 11.9 Å². The fourth-order valence-electron chi connectivity index (χ4n) is 4.65. The SMILES string of the molecule is CCOc1ccc(-n2c(C(CC)N(Cc3ccco3)C(=O)Nc3ccc(Cl)cc3)nc3ccccc3c2=O)cc1. The average Bonchev–Trinajstić information content (AvgIpc) is 3.48. The summed E-state index contributed by atoms with van der Waals surface area (Å²) < 4.78 is 12.8. The van der Waals surface area contributed by atoms with Gasteiger partial charge in [-0.05, 0) is 86.1 Å². The van der Waals surface area contributed by atoms with Gasteiger partial charge in [0.25, 0.3) is 5.56 Å². The molecule has 9 heteroatoms. The number of aromatic nitrogens is 2. The average molecular weight is 557 g/mol. The van der Waals surface area contributed by atoms with E-state index in [0.29, 0.717) is 57.7 Å². The van der Waals surface area contributed by atoms with Gasteiger partial charge >= 0.3 is 6.03 Å². The first-order valence-electron chi connectivity index (χ1n) is 13.1. The van der Waals surface area contributed by atoms with Crippen LogP contribution in [0.4, 0.5) is 10.5 Å². The molecule has 1 N–H and O–H groups in total. The van der Waals surface area contributed by atoms with E-state index in [9.17, 15) is 9.59 Å². The normalized spacial score (nSPS) is 11.8. The molecule has 0 aliphatic carbocycles. The number of anilines is 1. The zero-order valence-electron chi connectivity index (χ0n) is 22.2. The van der Waals surface area contributed by atoms with Crippen molar-refractivity contribution in [2.24, 2.45) is 0 Å². The van der Waals surface area contributed by atoms with Crippen LogP contribution in [0.1, 0.15) is 37.9 Å². The van der Waals surface area contributed by atoms with E-state index >= 15 is 0 Å². The lowest BCUT2D eigenvalue weighted by Gasteiger charge is -2.32. The van der Waals surface area contributed by atoms with Crippen LogP contribution >= 0.6 is 11.6 Å². The summed E-state index contributed by atoms with van der Waals surface area (Å²) >= 11 is 6.04. The van der Waals surface area contributed by atoms with Gasteiger partial charge in [0.05, 0.1) is 42.0 Å². The highest BCUT2D eigenvalue weighted by Gasteiger charge is 2.30. The van der Waals surface area contributed by atoms with Gasteiger partial charge < -0.3 is 19.4 Å². The monoisotopic (exact) mass is 556 g/mol. The molecule has 8 nitrogen and oxygen atoms in total. The first-order chi connectivity index (χ1) is 19.5. The lowest BCUT2D eigenvalue weighted by atomic mass is 10.1. The molecule has 204 valence electrons. The second kappa shape index (κ2) is 12.1. The number of hydrogen-bond acceptors (Lipinski definition) is 5. The molecule has 0 radical (unpaired) electrons. The number of ether oxygens (including phenoxy) is 1. The lowest BCUT2D eigenvalue weighted by Crippen LogP contribution is -2.40. The van der Waals surface area contributed by atoms with Crippen LogP contribution in [0.2, 0.25) is 5.02 Å². The maximum Gasteiger partial charge on any atom is 0.322 e. The number of fused-ring (bicyclic) bond motifs is 1. The summed E-state index contributed by atoms with van der Waals surface area (Å²) in [5, 5.41) is 4.00. The Morgan fingerprint density at radius 3 is 2.45 bits per heavy atom. The Kier molecular flexibility index (Phi) is 8.17. The van der Waals surface area contributed by atoms with Crippen molar-refractivity contribution in [2.45, 2.75) is 32.9 Å². The number of nitrogens with one attached hydrogen (secondary N) is 1. The summed E-state index contributed by atoms with van der Waals surface area (Å²) in [6.45, 7) is 4.57. The Morgan fingerprint density at radius 2 is 1.77 bits per heavy atom. The predicted octanol–water partition coefficient (Wildman–Crippen LogP) is 7.22. The number of carbonyl (C=O) groups excluding carboxylic acids is 1. The van der Waals surface area contributed by atoms with Crippen LogP contribution in [-0.2, 0) is 6.54 Å². The second-order valence-electron chi connectivity index (χ2n) is 9.12. The molecule has 0 spiro atoms. The molecule has 1 atom stereocenters. The van der Waals surface area contributed by atoms with E-state index in [4.69, 9.17) is 25.7 Å². The van der Waals surface area contributed by atoms with Crippen LogP contribution in [0.5, 0.6) is 5.75 Å². The smallest absolute Gasteiger partial charge is 0.322 e. The number of halogens is 1. The van der Waals surface area contributed by atoms with Crippen molar-refractivity contribution in [3.05, 3.63) is 118 Å². The van der Waals surface area contributed by atoms with E-state index in [1.165, 1.54) is 0 Å². The molecule has 5 rings (SSSR count). The summed E-state index contributed by atoms with van der Waals surface area (Å²) in [7, 11) is 0. The molecule has 0 saturated carbocycles. The van der Waals surface area contributed by atoms with Gasteiger partial charge in [0.2, 0.25) is 0 Å². The molecule has 2 heterocycles. The number of urea groups is 1. The van der Waals surface area contributed by atoms with Crippen molar-refractivity contribution in [1.82, 2.24) is 14.5 Å². The molecule has 2 amide bonds. The van der Waals surface area contributed by atoms with E-state index in [2.05, 4.69) is 5.32 Å². The van der Waals surface area contributed by atoms with Crippen LogP contribution in [0.25, 0.3) is 16.6 Å². The highest BCUT2D eigenvalue weighted by atomic mass is 35.5. The fourth-order valence-corrected chi connectivity index (χ4v) is 4.77. The third-order valence-electron chi connectivity index (χ3n) is 6.53. The molecule has 1 unspecified atom stereocenters. The van der Waals surface area contributed by atoms with E-state index in [1.54, 1.807) is 58.2 Å². The Bertz CT molecular complexity index is 1650. The van der Waals surface area contributed by atoms with Crippen LogP contribution in [0.3, 0.4) is 0 Å². The van der Waals surface area contributed by atoms with Crippen LogP contribution in [-0.4, -0.2) is 27.1 Å². The number of amides is 2. The van der Waals surface area contributed by atoms with Gasteiger partial charge in [-0.25, -0.2) is 9.78 Å². The Balaban J connectivity index is 1.65. The van der Waals surface area contributed by atoms with E-state index in [0.717, 1.165) is 0 Å². The number of nitrogens with zero attached hydrogens (tertiary/aromatic N) is 3. The van der Waals surface area contributed by atoms with Gasteiger partial charge in [0, 0.05) is 10.7 Å². The van der Waals surface area contributed by atoms with Gasteiger partial charge in [-0.1, -0.05) is 30.7 Å². The van der Waals surface area contributed by atoms with Gasteiger partial charge in [-0.15, -0.1) is 0 Å². The van der Waals surface area contributed by atoms with Crippen LogP contribution < -0.4 is 15.6 Å². The molecule has 0 fully saturated rings. The van der Waals surface area contributed by atoms with E-state index in [1.807, 2.05) is 56.3 Å². The highest BCUT2D eigenvalue weighted by molar-refractivity contribution is 6.30. The molecule has 0 aliphatic heterocycles. The number of rotatable bonds is 9. The molecular formula is C31H29ClN4O4. The number of carbonyl (C=O) groups is 1. The molecule has 3 aromatic carbocycles. The third-order valence-corrected chi connectivity index (χ3v) is 6.78. The highest BCUT2D eigenvalue weighted by Crippen LogP contribution is 2.29. The Morgan fingerprint density at radius 1 is 1.02 bits per heavy atom. The molecule has 0 bridgehead atoms. The minimum atomic E-state index is -0.582. The summed E-state index contributed by atoms with van der Waals surface area (Å²) in [6.07, 6.45) is 2.05. The minimum absolute atomic E-state index is 0.164. The fraction of sp³-hybridized carbons (Fsp3) is 0.194. The number of benzene rings is 3. The zero-order chi connectivity index (χ0) is 28.1. The first-order valence-corrected chi connectivity index (χ1v) is 13.5. The van der Waals surface area contributed by atoms with Crippen molar-refractivity contribution in [3.63, 3.8) is 0 Å². The summed E-state index contributed by atoms with van der Waals surface area (Å²) in [5.41, 5.74) is 1.54. The second-order valence-corrected chi connectivity index (χ2v) is 9.56. The maximum atomic E-state index is 14.0. The quantitative estimate of drug-likeness (QED) is 0.207. The van der Waals surface area contributed by atoms with E-state index < -0.39 is 6.04 Å². The molecule has 40 heavy (non-hydrogen) atoms. The molecule has 5 aromatic rings. The number of hydrogen-bond donors (Lipinski definition) is 1. The molecular weight excluding hydrogens is 528 g/mol. The van der Waals surface area contributed by atoms with E-state index in [-0.39, 0.29) is 18.1 Å². The zero-order valence-corrected chi connectivity index (χ0v) is 23.0. The van der Waals surface area contributed by atoms with Crippen LogP contribution in [0.15, 0.2) is 100 Å². The number of furan rings is 1. The largest absolute Gasteiger partial charge is 0.494 e. The van der Waals surface area contributed by atoms with Crippen LogP contribution in [0, 0.1) is 0 Å². The first kappa shape index (κ1) is 27.0. The predicted molar refractivity (Wildman–Crippen MR) is 156 cm³/mol. The third kappa shape index (κ3) is 5.72. The van der Waals surface area contributed by atoms with Gasteiger partial charge in [0.15, 0.2) is 0 Å². The van der Waals surface area contributed by atoms with Gasteiger partial charge in [-0.2, -0.15) is 0 Å². The number of para-hydroxylation sites is 1. The maximum absolute atomic E-state index is 14.0. The Labute approximate surface area is 236 Å². The van der Waals surface area contributed by atoms with Crippen molar-refractivity contribution < 1.29 is 13.9 Å². The van der Waals surface area contributed by atoms with Crippen molar-refractivity contribution >= 4 is 34.2 Å². The standard InChI is InChI=1S/C31H29ClN4O4/c1-3-28(35(20-25-8-7-19-40-25)31(38)33-22-13-11-21(32)12-14-22)29-34-27-10-6-5-9-26(27)30(37)36(29)23-15-17-24(18-16-23)39-4-2/h5-19,28H,3-4,20H2,1-2H3,(H,33,38). The molecule has 2 aromatic heterocycles. The summed E-state index contributed by atoms with van der Waals surface area (Å²) in [6, 6.07) is 24.0. The molecule has 0 aliphatic rings. The van der Waals surface area contributed by atoms with Gasteiger partial charge in [0.1, 0.15) is 17.3 Å². The van der Waals surface area contributed by atoms with Gasteiger partial charge in [-0.3, -0.25) is 9.36 Å². The molecule has 0 saturated heterocycles. The van der Waals surface area contributed by atoms with Crippen molar-refractivity contribution in [1.29, 1.82) is 0 Å². The summed E-state index contributed by atoms with van der Waals surface area (Å²) in [5.74, 6) is 1.73. The van der Waals surface area contributed by atoms with Crippen molar-refractivity contribution in [3.8, 4) is 11.4 Å². The summed E-state index contributed by atoms with van der Waals surface area (Å²) in [4.78, 5) is 34.4. The Hall–Kier alpha value is -4.56.